The predicted molar refractivity (Wildman–Crippen MR) is 92.9 cm³/mol. The molecule has 0 radical (unpaired) electrons. The van der Waals surface area contributed by atoms with E-state index in [1.54, 1.807) is 0 Å². The van der Waals surface area contributed by atoms with Gasteiger partial charge in [-0.3, -0.25) is 19.8 Å². The van der Waals surface area contributed by atoms with Crippen molar-refractivity contribution in [1.29, 1.82) is 0 Å². The van der Waals surface area contributed by atoms with Crippen LogP contribution in [-0.2, 0) is 20.7 Å². The van der Waals surface area contributed by atoms with Crippen LogP contribution in [0.25, 0.3) is 0 Å². The SMILES string of the molecule is O=C1CC(N2CCOCC2)NC(CC(=O)N2CCc3cc(F)c(F)cc32)N1. The van der Waals surface area contributed by atoms with E-state index in [4.69, 9.17) is 4.74 Å². The monoisotopic (exact) mass is 380 g/mol. The lowest BCUT2D eigenvalue weighted by atomic mass is 10.1. The number of benzene rings is 1. The number of halogens is 2. The average molecular weight is 380 g/mol. The predicted octanol–water partition coefficient (Wildman–Crippen LogP) is 0.338. The fourth-order valence-electron chi connectivity index (χ4n) is 3.92. The first-order valence-electron chi connectivity index (χ1n) is 9.17. The Hall–Kier alpha value is -2.10. The Labute approximate surface area is 155 Å². The van der Waals surface area contributed by atoms with Crippen LogP contribution < -0.4 is 15.5 Å². The summed E-state index contributed by atoms with van der Waals surface area (Å²) in [6.07, 6.45) is 0.213. The molecule has 3 aliphatic heterocycles. The molecule has 2 unspecified atom stereocenters. The number of rotatable bonds is 3. The van der Waals surface area contributed by atoms with E-state index < -0.39 is 17.8 Å². The molecule has 2 atom stereocenters. The number of anilines is 1. The molecule has 9 heteroatoms. The van der Waals surface area contributed by atoms with Crippen molar-refractivity contribution in [1.82, 2.24) is 15.5 Å². The summed E-state index contributed by atoms with van der Waals surface area (Å²) < 4.78 is 32.3. The van der Waals surface area contributed by atoms with Gasteiger partial charge < -0.3 is 15.0 Å². The summed E-state index contributed by atoms with van der Waals surface area (Å²) in [6.45, 7) is 3.09. The zero-order valence-corrected chi connectivity index (χ0v) is 14.8. The normalized spacial score (nSPS) is 26.0. The van der Waals surface area contributed by atoms with Gasteiger partial charge in [0.05, 0.1) is 38.4 Å². The minimum absolute atomic E-state index is 0.0466. The summed E-state index contributed by atoms with van der Waals surface area (Å²) in [5, 5.41) is 6.10. The molecule has 146 valence electrons. The lowest BCUT2D eigenvalue weighted by Gasteiger charge is -2.40. The fraction of sp³-hybridized carbons (Fsp3) is 0.556. The number of nitrogens with one attached hydrogen (secondary N) is 2. The molecule has 1 aromatic carbocycles. The molecule has 2 fully saturated rings. The van der Waals surface area contributed by atoms with Crippen LogP contribution >= 0.6 is 0 Å². The van der Waals surface area contributed by atoms with Crippen molar-refractivity contribution in [3.63, 3.8) is 0 Å². The van der Waals surface area contributed by atoms with E-state index in [0.29, 0.717) is 43.9 Å². The Bertz CT molecular complexity index is 754. The van der Waals surface area contributed by atoms with Crippen LogP contribution in [0.15, 0.2) is 12.1 Å². The van der Waals surface area contributed by atoms with Gasteiger partial charge in [-0.1, -0.05) is 0 Å². The summed E-state index contributed by atoms with van der Waals surface area (Å²) >= 11 is 0. The molecule has 0 spiro atoms. The first kappa shape index (κ1) is 18.3. The van der Waals surface area contributed by atoms with Gasteiger partial charge >= 0.3 is 0 Å². The van der Waals surface area contributed by atoms with Gasteiger partial charge in [0.1, 0.15) is 0 Å². The number of ether oxygens (including phenoxy) is 1. The van der Waals surface area contributed by atoms with E-state index in [9.17, 15) is 18.4 Å². The molecule has 0 bridgehead atoms. The zero-order chi connectivity index (χ0) is 19.0. The Morgan fingerprint density at radius 2 is 1.93 bits per heavy atom. The van der Waals surface area contributed by atoms with E-state index in [2.05, 4.69) is 15.5 Å². The van der Waals surface area contributed by atoms with Gasteiger partial charge in [0.25, 0.3) is 0 Å². The molecule has 7 nitrogen and oxygen atoms in total. The summed E-state index contributed by atoms with van der Waals surface area (Å²) in [4.78, 5) is 28.4. The fourth-order valence-corrected chi connectivity index (χ4v) is 3.92. The summed E-state index contributed by atoms with van der Waals surface area (Å²) in [5.41, 5.74) is 1.03. The molecule has 0 aliphatic carbocycles. The molecule has 2 saturated heterocycles. The number of nitrogens with zero attached hydrogens (tertiary/aromatic N) is 2. The van der Waals surface area contributed by atoms with Gasteiger partial charge in [-0.05, 0) is 18.1 Å². The number of carbonyl (C=O) groups is 2. The van der Waals surface area contributed by atoms with Crippen LogP contribution in [0.1, 0.15) is 18.4 Å². The van der Waals surface area contributed by atoms with Crippen molar-refractivity contribution in [3.8, 4) is 0 Å². The maximum Gasteiger partial charge on any atom is 0.230 e. The quantitative estimate of drug-likeness (QED) is 0.791. The Morgan fingerprint density at radius 1 is 1.19 bits per heavy atom. The van der Waals surface area contributed by atoms with E-state index in [0.717, 1.165) is 25.2 Å². The number of carbonyl (C=O) groups excluding carboxylic acids is 2. The second kappa shape index (κ2) is 7.49. The third-order valence-electron chi connectivity index (χ3n) is 5.29. The van der Waals surface area contributed by atoms with Crippen molar-refractivity contribution in [2.75, 3.05) is 37.7 Å². The second-order valence-corrected chi connectivity index (χ2v) is 7.05. The molecular weight excluding hydrogens is 358 g/mol. The van der Waals surface area contributed by atoms with Crippen LogP contribution in [0.2, 0.25) is 0 Å². The van der Waals surface area contributed by atoms with Gasteiger partial charge in [0.15, 0.2) is 11.6 Å². The molecule has 0 aromatic heterocycles. The standard InChI is InChI=1S/C18H22F2N4O3/c19-12-7-11-1-2-24(14(11)8-13(12)20)18(26)9-15-21-16(10-17(25)22-15)23-3-5-27-6-4-23/h7-8,15-16,21H,1-6,9-10H2,(H,22,25). The van der Waals surface area contributed by atoms with Crippen LogP contribution in [0.5, 0.6) is 0 Å². The second-order valence-electron chi connectivity index (χ2n) is 7.05. The molecule has 4 rings (SSSR count). The highest BCUT2D eigenvalue weighted by atomic mass is 19.2. The largest absolute Gasteiger partial charge is 0.379 e. The molecule has 2 N–H and O–H groups in total. The smallest absolute Gasteiger partial charge is 0.230 e. The Morgan fingerprint density at radius 3 is 2.70 bits per heavy atom. The number of amides is 2. The van der Waals surface area contributed by atoms with Crippen molar-refractivity contribution in [3.05, 3.63) is 29.3 Å². The maximum absolute atomic E-state index is 13.6. The topological polar surface area (TPSA) is 73.9 Å². The highest BCUT2D eigenvalue weighted by molar-refractivity contribution is 5.96. The highest BCUT2D eigenvalue weighted by Gasteiger charge is 2.34. The molecule has 3 heterocycles. The molecular formula is C18H22F2N4O3. The third-order valence-corrected chi connectivity index (χ3v) is 5.29. The van der Waals surface area contributed by atoms with E-state index in [1.165, 1.54) is 4.90 Å². The van der Waals surface area contributed by atoms with Gasteiger partial charge in [-0.2, -0.15) is 0 Å². The Balaban J connectivity index is 1.42. The zero-order valence-electron chi connectivity index (χ0n) is 14.8. The van der Waals surface area contributed by atoms with Gasteiger partial charge in [-0.25, -0.2) is 8.78 Å². The molecule has 0 saturated carbocycles. The van der Waals surface area contributed by atoms with Gasteiger partial charge in [0, 0.05) is 31.4 Å². The summed E-state index contributed by atoms with van der Waals surface area (Å²) in [5.74, 6) is -2.22. The minimum atomic E-state index is -0.968. The van der Waals surface area contributed by atoms with Crippen LogP contribution in [0.4, 0.5) is 14.5 Å². The molecule has 2 amide bonds. The number of fused-ring (bicyclic) bond motifs is 1. The molecule has 1 aromatic rings. The number of morpholine rings is 1. The van der Waals surface area contributed by atoms with E-state index >= 15 is 0 Å². The van der Waals surface area contributed by atoms with E-state index in [1.807, 2.05) is 0 Å². The minimum Gasteiger partial charge on any atom is -0.379 e. The average Bonchev–Trinajstić information content (AvgIpc) is 3.05. The Kier molecular flexibility index (Phi) is 5.07. The van der Waals surface area contributed by atoms with Crippen LogP contribution in [0, 0.1) is 11.6 Å². The van der Waals surface area contributed by atoms with Crippen LogP contribution in [0.3, 0.4) is 0 Å². The number of hydrogen-bond donors (Lipinski definition) is 2. The van der Waals surface area contributed by atoms with Crippen LogP contribution in [-0.4, -0.2) is 61.9 Å². The first-order valence-corrected chi connectivity index (χ1v) is 9.17. The lowest BCUT2D eigenvalue weighted by molar-refractivity contribution is -0.128. The third kappa shape index (κ3) is 3.80. The number of hydrogen-bond acceptors (Lipinski definition) is 5. The van der Waals surface area contributed by atoms with Crippen molar-refractivity contribution >= 4 is 17.5 Å². The van der Waals surface area contributed by atoms with Crippen molar-refractivity contribution in [2.45, 2.75) is 31.6 Å². The molecule has 3 aliphatic rings. The van der Waals surface area contributed by atoms with Crippen molar-refractivity contribution < 1.29 is 23.1 Å². The summed E-state index contributed by atoms with van der Waals surface area (Å²) in [7, 11) is 0. The van der Waals surface area contributed by atoms with Crippen molar-refractivity contribution in [2.24, 2.45) is 0 Å². The highest BCUT2D eigenvalue weighted by Crippen LogP contribution is 2.30. The summed E-state index contributed by atoms with van der Waals surface area (Å²) in [6, 6.07) is 2.21. The lowest BCUT2D eigenvalue weighted by Crippen LogP contribution is -2.63. The van der Waals surface area contributed by atoms with E-state index in [-0.39, 0.29) is 24.4 Å². The van der Waals surface area contributed by atoms with Gasteiger partial charge in [0.2, 0.25) is 11.8 Å². The van der Waals surface area contributed by atoms with Gasteiger partial charge in [-0.15, -0.1) is 0 Å². The molecule has 27 heavy (non-hydrogen) atoms. The first-order chi connectivity index (χ1) is 13.0. The maximum atomic E-state index is 13.6.